The molecule has 1 aromatic rings. The number of hydrogen-bond donors (Lipinski definition) is 0. The fourth-order valence-electron chi connectivity index (χ4n) is 1.93. The molecule has 0 aromatic heterocycles. The lowest BCUT2D eigenvalue weighted by atomic mass is 10.1. The molecular weight excluding hydrogens is 298 g/mol. The van der Waals surface area contributed by atoms with Crippen molar-refractivity contribution >= 4 is 33.5 Å². The van der Waals surface area contributed by atoms with Gasteiger partial charge in [-0.15, -0.1) is 0 Å². The highest BCUT2D eigenvalue weighted by molar-refractivity contribution is 9.10. The molecule has 94 valence electrons. The molecule has 0 aliphatic carbocycles. The minimum Gasteiger partial charge on any atom is -0.292 e. The van der Waals surface area contributed by atoms with Gasteiger partial charge < -0.3 is 0 Å². The van der Waals surface area contributed by atoms with E-state index in [0.717, 1.165) is 4.90 Å². The fourth-order valence-corrected chi connectivity index (χ4v) is 2.44. The number of carbonyl (C=O) groups is 3. The van der Waals surface area contributed by atoms with Gasteiger partial charge in [-0.25, -0.2) is 0 Å². The van der Waals surface area contributed by atoms with Crippen LogP contribution in [0.4, 0.5) is 0 Å². The summed E-state index contributed by atoms with van der Waals surface area (Å²) in [6.07, 6.45) is 0.197. The maximum absolute atomic E-state index is 12.0. The molecular formula is C13H12BrNO3. The van der Waals surface area contributed by atoms with Gasteiger partial charge >= 0.3 is 0 Å². The molecule has 1 saturated heterocycles. The van der Waals surface area contributed by atoms with Gasteiger partial charge in [0.15, 0.2) is 5.78 Å². The number of carbonyl (C=O) groups excluding carboxylic acids is 3. The van der Waals surface area contributed by atoms with Crippen molar-refractivity contribution in [1.82, 2.24) is 4.90 Å². The van der Waals surface area contributed by atoms with Gasteiger partial charge in [-0.05, 0) is 6.07 Å². The molecule has 5 heteroatoms. The Balaban J connectivity index is 2.16. The average Bonchev–Trinajstić information content (AvgIpc) is 2.56. The molecule has 1 unspecified atom stereocenters. The first-order valence-corrected chi connectivity index (χ1v) is 6.42. The monoisotopic (exact) mass is 309 g/mol. The minimum absolute atomic E-state index is 0.176. The summed E-state index contributed by atoms with van der Waals surface area (Å²) in [6.45, 7) is 1.52. The standard InChI is InChI=1S/C13H12BrNO3/c1-8-6-12(17)15(13(8)18)7-11(16)9-4-2-3-5-10(9)14/h2-5,8H,6-7H2,1H3. The maximum Gasteiger partial charge on any atom is 0.232 e. The molecule has 18 heavy (non-hydrogen) atoms. The highest BCUT2D eigenvalue weighted by atomic mass is 79.9. The Morgan fingerprint density at radius 3 is 2.61 bits per heavy atom. The smallest absolute Gasteiger partial charge is 0.232 e. The zero-order valence-corrected chi connectivity index (χ0v) is 11.4. The molecule has 0 N–H and O–H groups in total. The van der Waals surface area contributed by atoms with E-state index >= 15 is 0 Å². The maximum atomic E-state index is 12.0. The van der Waals surface area contributed by atoms with Crippen molar-refractivity contribution in [3.8, 4) is 0 Å². The van der Waals surface area contributed by atoms with Crippen molar-refractivity contribution in [2.45, 2.75) is 13.3 Å². The van der Waals surface area contributed by atoms with Crippen LogP contribution >= 0.6 is 15.9 Å². The molecule has 4 nitrogen and oxygen atoms in total. The Hall–Kier alpha value is -1.49. The number of benzene rings is 1. The second-order valence-electron chi connectivity index (χ2n) is 4.33. The van der Waals surface area contributed by atoms with Crippen molar-refractivity contribution in [1.29, 1.82) is 0 Å². The number of hydrogen-bond acceptors (Lipinski definition) is 3. The summed E-state index contributed by atoms with van der Waals surface area (Å²) >= 11 is 3.28. The highest BCUT2D eigenvalue weighted by Gasteiger charge is 2.36. The van der Waals surface area contributed by atoms with Crippen LogP contribution in [0.25, 0.3) is 0 Å². The summed E-state index contributed by atoms with van der Waals surface area (Å²) in [5.74, 6) is -1.09. The molecule has 1 atom stereocenters. The number of Topliss-reactive ketones (excluding diaryl/α,β-unsaturated/α-hetero) is 1. The zero-order valence-electron chi connectivity index (χ0n) is 9.85. The lowest BCUT2D eigenvalue weighted by Gasteiger charge is -2.13. The summed E-state index contributed by atoms with van der Waals surface area (Å²) in [7, 11) is 0. The van der Waals surface area contributed by atoms with Crippen LogP contribution in [0.2, 0.25) is 0 Å². The number of imide groups is 1. The van der Waals surface area contributed by atoms with E-state index in [2.05, 4.69) is 15.9 Å². The van der Waals surface area contributed by atoms with E-state index in [1.807, 2.05) is 0 Å². The second-order valence-corrected chi connectivity index (χ2v) is 5.18. The largest absolute Gasteiger partial charge is 0.292 e. The molecule has 1 aromatic carbocycles. The molecule has 0 saturated carbocycles. The van der Waals surface area contributed by atoms with Crippen LogP contribution in [-0.4, -0.2) is 29.0 Å². The lowest BCUT2D eigenvalue weighted by Crippen LogP contribution is -2.35. The SMILES string of the molecule is CC1CC(=O)N(CC(=O)c2ccccc2Br)C1=O. The normalized spacial score (nSPS) is 19.4. The van der Waals surface area contributed by atoms with E-state index in [1.54, 1.807) is 31.2 Å². The predicted molar refractivity (Wildman–Crippen MR) is 69.0 cm³/mol. The van der Waals surface area contributed by atoms with Crippen LogP contribution in [0.3, 0.4) is 0 Å². The van der Waals surface area contributed by atoms with E-state index in [9.17, 15) is 14.4 Å². The highest BCUT2D eigenvalue weighted by Crippen LogP contribution is 2.21. The lowest BCUT2D eigenvalue weighted by molar-refractivity contribution is -0.138. The van der Waals surface area contributed by atoms with Gasteiger partial charge in [-0.3, -0.25) is 19.3 Å². The van der Waals surface area contributed by atoms with Crippen molar-refractivity contribution < 1.29 is 14.4 Å². The summed E-state index contributed by atoms with van der Waals surface area (Å²) < 4.78 is 0.669. The Labute approximate surface area is 113 Å². The molecule has 1 aliphatic heterocycles. The first kappa shape index (κ1) is 13.0. The number of nitrogens with zero attached hydrogens (tertiary/aromatic N) is 1. The third-order valence-electron chi connectivity index (χ3n) is 2.95. The molecule has 1 heterocycles. The molecule has 0 bridgehead atoms. The third-order valence-corrected chi connectivity index (χ3v) is 3.64. The quantitative estimate of drug-likeness (QED) is 0.634. The van der Waals surface area contributed by atoms with Gasteiger partial charge in [0.2, 0.25) is 11.8 Å². The van der Waals surface area contributed by atoms with Crippen LogP contribution in [-0.2, 0) is 9.59 Å². The van der Waals surface area contributed by atoms with Crippen molar-refractivity contribution in [3.05, 3.63) is 34.3 Å². The first-order valence-electron chi connectivity index (χ1n) is 5.62. The summed E-state index contributed by atoms with van der Waals surface area (Å²) in [5, 5.41) is 0. The summed E-state index contributed by atoms with van der Waals surface area (Å²) in [4.78, 5) is 36.4. The number of likely N-dealkylation sites (tertiary alicyclic amines) is 1. The second kappa shape index (κ2) is 5.02. The van der Waals surface area contributed by atoms with Gasteiger partial charge in [0.1, 0.15) is 0 Å². The molecule has 2 rings (SSSR count). The van der Waals surface area contributed by atoms with E-state index in [4.69, 9.17) is 0 Å². The topological polar surface area (TPSA) is 54.5 Å². The van der Waals surface area contributed by atoms with Crippen LogP contribution in [0.5, 0.6) is 0 Å². The Morgan fingerprint density at radius 1 is 1.39 bits per heavy atom. The number of halogens is 1. The Kier molecular flexibility index (Phi) is 3.61. The zero-order chi connectivity index (χ0) is 13.3. The van der Waals surface area contributed by atoms with Crippen molar-refractivity contribution in [2.24, 2.45) is 5.92 Å². The summed E-state index contributed by atoms with van der Waals surface area (Å²) in [6, 6.07) is 6.97. The number of rotatable bonds is 3. The van der Waals surface area contributed by atoms with Crippen molar-refractivity contribution in [2.75, 3.05) is 6.54 Å². The summed E-state index contributed by atoms with van der Waals surface area (Å²) in [5.41, 5.74) is 0.484. The number of amides is 2. The van der Waals surface area contributed by atoms with Gasteiger partial charge in [-0.1, -0.05) is 41.1 Å². The molecule has 0 radical (unpaired) electrons. The van der Waals surface area contributed by atoms with E-state index < -0.39 is 0 Å². The Morgan fingerprint density at radius 2 is 2.06 bits per heavy atom. The third kappa shape index (κ3) is 2.36. The molecule has 2 amide bonds. The van der Waals surface area contributed by atoms with Gasteiger partial charge in [0, 0.05) is 22.4 Å². The Bertz CT molecular complexity index is 527. The molecule has 0 spiro atoms. The van der Waals surface area contributed by atoms with Gasteiger partial charge in [-0.2, -0.15) is 0 Å². The van der Waals surface area contributed by atoms with E-state index in [0.29, 0.717) is 10.0 Å². The predicted octanol–water partition coefficient (Wildman–Crippen LogP) is 2.03. The van der Waals surface area contributed by atoms with Crippen LogP contribution in [0.1, 0.15) is 23.7 Å². The van der Waals surface area contributed by atoms with Gasteiger partial charge in [0.25, 0.3) is 0 Å². The van der Waals surface area contributed by atoms with Crippen LogP contribution in [0, 0.1) is 5.92 Å². The van der Waals surface area contributed by atoms with E-state index in [-0.39, 0.29) is 36.5 Å². The molecule has 1 fully saturated rings. The first-order chi connectivity index (χ1) is 8.50. The van der Waals surface area contributed by atoms with E-state index in [1.165, 1.54) is 0 Å². The van der Waals surface area contributed by atoms with Crippen LogP contribution in [0.15, 0.2) is 28.7 Å². The average molecular weight is 310 g/mol. The van der Waals surface area contributed by atoms with Crippen molar-refractivity contribution in [3.63, 3.8) is 0 Å². The van der Waals surface area contributed by atoms with Crippen LogP contribution < -0.4 is 0 Å². The molecule has 1 aliphatic rings. The number of ketones is 1. The van der Waals surface area contributed by atoms with Gasteiger partial charge in [0.05, 0.1) is 6.54 Å². The minimum atomic E-state index is -0.315. The fraction of sp³-hybridized carbons (Fsp3) is 0.308.